The fraction of sp³-hybridized carbons (Fsp3) is 0.350. The van der Waals surface area contributed by atoms with Gasteiger partial charge in [0.1, 0.15) is 6.04 Å². The third kappa shape index (κ3) is 3.60. The molecule has 138 valence electrons. The molecule has 0 radical (unpaired) electrons. The summed E-state index contributed by atoms with van der Waals surface area (Å²) in [4.78, 5) is 15.1. The van der Waals surface area contributed by atoms with Crippen molar-refractivity contribution in [1.29, 1.82) is 0 Å². The molecule has 0 saturated heterocycles. The lowest BCUT2D eigenvalue weighted by Gasteiger charge is -2.36. The lowest BCUT2D eigenvalue weighted by molar-refractivity contribution is -0.119. The summed E-state index contributed by atoms with van der Waals surface area (Å²) in [5.41, 5.74) is 2.54. The van der Waals surface area contributed by atoms with Gasteiger partial charge in [0.15, 0.2) is 0 Å². The number of anilines is 2. The van der Waals surface area contributed by atoms with Gasteiger partial charge in [-0.25, -0.2) is 8.42 Å². The zero-order chi connectivity index (χ0) is 18.7. The fourth-order valence-electron chi connectivity index (χ4n) is 3.56. The van der Waals surface area contributed by atoms with Crippen molar-refractivity contribution in [2.75, 3.05) is 22.0 Å². The number of hydrogen-bond acceptors (Lipinski definition) is 3. The van der Waals surface area contributed by atoms with E-state index in [0.29, 0.717) is 18.7 Å². The van der Waals surface area contributed by atoms with Crippen LogP contribution in [0.1, 0.15) is 25.3 Å². The van der Waals surface area contributed by atoms with Gasteiger partial charge in [-0.1, -0.05) is 43.3 Å². The van der Waals surface area contributed by atoms with Crippen molar-refractivity contribution in [3.63, 3.8) is 0 Å². The van der Waals surface area contributed by atoms with E-state index in [4.69, 9.17) is 0 Å². The number of fused-ring (bicyclic) bond motifs is 1. The predicted octanol–water partition coefficient (Wildman–Crippen LogP) is 3.21. The first-order valence-electron chi connectivity index (χ1n) is 8.87. The standard InChI is InChI=1S/C20H24N2O3S/c1-3-18(22(26(2,24)25)17-12-5-4-6-13-17)20(23)21-15-9-11-16-10-7-8-14-19(16)21/h4-8,10,12-14,18H,3,9,11,15H2,1-2H3. The molecule has 2 aromatic carbocycles. The minimum absolute atomic E-state index is 0.172. The fourth-order valence-corrected chi connectivity index (χ4v) is 4.77. The van der Waals surface area contributed by atoms with E-state index in [1.165, 1.54) is 4.31 Å². The molecule has 1 unspecified atom stereocenters. The number of carbonyl (C=O) groups excluding carboxylic acids is 1. The molecule has 1 atom stereocenters. The molecule has 1 amide bonds. The number of rotatable bonds is 5. The van der Waals surface area contributed by atoms with E-state index < -0.39 is 16.1 Å². The maximum atomic E-state index is 13.4. The smallest absolute Gasteiger partial charge is 0.250 e. The van der Waals surface area contributed by atoms with E-state index in [1.807, 2.05) is 37.3 Å². The highest BCUT2D eigenvalue weighted by Crippen LogP contribution is 2.30. The van der Waals surface area contributed by atoms with Crippen LogP contribution >= 0.6 is 0 Å². The van der Waals surface area contributed by atoms with E-state index in [2.05, 4.69) is 0 Å². The molecule has 0 spiro atoms. The second kappa shape index (κ2) is 7.50. The molecule has 0 bridgehead atoms. The van der Waals surface area contributed by atoms with Crippen LogP contribution in [0, 0.1) is 0 Å². The number of amides is 1. The molecule has 1 heterocycles. The number of para-hydroxylation sites is 2. The Morgan fingerprint density at radius 2 is 1.77 bits per heavy atom. The zero-order valence-corrected chi connectivity index (χ0v) is 15.9. The molecular formula is C20H24N2O3S. The molecule has 1 aliphatic heterocycles. The third-order valence-corrected chi connectivity index (χ3v) is 5.88. The van der Waals surface area contributed by atoms with Crippen molar-refractivity contribution >= 4 is 27.3 Å². The Morgan fingerprint density at radius 3 is 2.42 bits per heavy atom. The zero-order valence-electron chi connectivity index (χ0n) is 15.1. The molecule has 0 N–H and O–H groups in total. The van der Waals surface area contributed by atoms with Gasteiger partial charge in [0, 0.05) is 12.2 Å². The Bertz CT molecular complexity index is 881. The average Bonchev–Trinajstić information content (AvgIpc) is 2.64. The first-order chi connectivity index (χ1) is 12.4. The summed E-state index contributed by atoms with van der Waals surface area (Å²) in [7, 11) is -3.60. The first kappa shape index (κ1) is 18.5. The lowest BCUT2D eigenvalue weighted by Crippen LogP contribution is -2.52. The lowest BCUT2D eigenvalue weighted by atomic mass is 10.0. The average molecular weight is 372 g/mol. The normalized spacial score (nSPS) is 15.2. The van der Waals surface area contributed by atoms with Crippen molar-refractivity contribution in [2.24, 2.45) is 0 Å². The van der Waals surface area contributed by atoms with Crippen LogP contribution in [0.5, 0.6) is 0 Å². The van der Waals surface area contributed by atoms with E-state index >= 15 is 0 Å². The van der Waals surface area contributed by atoms with Crippen LogP contribution in [0.4, 0.5) is 11.4 Å². The van der Waals surface area contributed by atoms with Gasteiger partial charge in [0.2, 0.25) is 10.0 Å². The van der Waals surface area contributed by atoms with Crippen LogP contribution in [0.3, 0.4) is 0 Å². The molecule has 3 rings (SSSR count). The Hall–Kier alpha value is -2.34. The molecule has 5 nitrogen and oxygen atoms in total. The van der Waals surface area contributed by atoms with Crippen molar-refractivity contribution in [3.05, 3.63) is 60.2 Å². The highest BCUT2D eigenvalue weighted by atomic mass is 32.2. The Morgan fingerprint density at radius 1 is 1.12 bits per heavy atom. The summed E-state index contributed by atoms with van der Waals surface area (Å²) in [6.45, 7) is 2.46. The van der Waals surface area contributed by atoms with Crippen LogP contribution in [-0.4, -0.2) is 33.2 Å². The third-order valence-electron chi connectivity index (χ3n) is 4.70. The largest absolute Gasteiger partial charge is 0.310 e. The molecule has 1 aliphatic rings. The maximum Gasteiger partial charge on any atom is 0.250 e. The number of sulfonamides is 1. The number of nitrogens with zero attached hydrogens (tertiary/aromatic N) is 2. The maximum absolute atomic E-state index is 13.4. The van der Waals surface area contributed by atoms with Gasteiger partial charge < -0.3 is 4.90 Å². The SMILES string of the molecule is CCC(C(=O)N1CCCc2ccccc21)N(c1ccccc1)S(C)(=O)=O. The molecule has 6 heteroatoms. The quantitative estimate of drug-likeness (QED) is 0.810. The van der Waals surface area contributed by atoms with Crippen LogP contribution in [0.2, 0.25) is 0 Å². The Kier molecular flexibility index (Phi) is 5.32. The van der Waals surface area contributed by atoms with Crippen LogP contribution < -0.4 is 9.21 Å². The minimum atomic E-state index is -3.60. The first-order valence-corrected chi connectivity index (χ1v) is 10.7. The summed E-state index contributed by atoms with van der Waals surface area (Å²) >= 11 is 0. The van der Waals surface area contributed by atoms with Gasteiger partial charge in [-0.05, 0) is 43.0 Å². The topological polar surface area (TPSA) is 57.7 Å². The van der Waals surface area contributed by atoms with Crippen molar-refractivity contribution in [2.45, 2.75) is 32.2 Å². The number of carbonyl (C=O) groups is 1. The van der Waals surface area contributed by atoms with Crippen LogP contribution in [0.15, 0.2) is 54.6 Å². The van der Waals surface area contributed by atoms with Crippen LogP contribution in [0.25, 0.3) is 0 Å². The highest BCUT2D eigenvalue weighted by molar-refractivity contribution is 7.92. The minimum Gasteiger partial charge on any atom is -0.310 e. The molecule has 2 aromatic rings. The molecule has 26 heavy (non-hydrogen) atoms. The summed E-state index contributed by atoms with van der Waals surface area (Å²) in [6.07, 6.45) is 3.37. The Balaban J connectivity index is 2.01. The van der Waals surface area contributed by atoms with Gasteiger partial charge in [0.05, 0.1) is 11.9 Å². The molecule has 0 fully saturated rings. The molecular weight excluding hydrogens is 348 g/mol. The summed E-state index contributed by atoms with van der Waals surface area (Å²) in [5.74, 6) is -0.172. The highest BCUT2D eigenvalue weighted by Gasteiger charge is 2.35. The summed E-state index contributed by atoms with van der Waals surface area (Å²) in [5, 5.41) is 0. The van der Waals surface area contributed by atoms with Crippen molar-refractivity contribution in [3.8, 4) is 0 Å². The van der Waals surface area contributed by atoms with E-state index in [0.717, 1.165) is 30.3 Å². The van der Waals surface area contributed by atoms with Crippen LogP contribution in [-0.2, 0) is 21.2 Å². The monoisotopic (exact) mass is 372 g/mol. The second-order valence-electron chi connectivity index (χ2n) is 6.54. The van der Waals surface area contributed by atoms with Crippen molar-refractivity contribution < 1.29 is 13.2 Å². The van der Waals surface area contributed by atoms with Gasteiger partial charge in [-0.2, -0.15) is 0 Å². The van der Waals surface area contributed by atoms with Gasteiger partial charge in [0.25, 0.3) is 5.91 Å². The molecule has 0 saturated carbocycles. The summed E-state index contributed by atoms with van der Waals surface area (Å²) in [6, 6.07) is 15.9. The number of benzene rings is 2. The number of aryl methyl sites for hydroxylation is 1. The van der Waals surface area contributed by atoms with Gasteiger partial charge >= 0.3 is 0 Å². The second-order valence-corrected chi connectivity index (χ2v) is 8.40. The molecule has 0 aliphatic carbocycles. The van der Waals surface area contributed by atoms with Crippen molar-refractivity contribution in [1.82, 2.24) is 0 Å². The predicted molar refractivity (Wildman–Crippen MR) is 105 cm³/mol. The van der Waals surface area contributed by atoms with Gasteiger partial charge in [-0.15, -0.1) is 0 Å². The number of hydrogen-bond donors (Lipinski definition) is 0. The van der Waals surface area contributed by atoms with Gasteiger partial charge in [-0.3, -0.25) is 9.10 Å². The van der Waals surface area contributed by atoms with E-state index in [-0.39, 0.29) is 5.91 Å². The summed E-state index contributed by atoms with van der Waals surface area (Å²) < 4.78 is 26.3. The van der Waals surface area contributed by atoms with E-state index in [9.17, 15) is 13.2 Å². The van der Waals surface area contributed by atoms with E-state index in [1.54, 1.807) is 29.2 Å². The molecule has 0 aromatic heterocycles. The Labute approximate surface area is 155 Å².